The van der Waals surface area contributed by atoms with Gasteiger partial charge in [0.15, 0.2) is 0 Å². The van der Waals surface area contributed by atoms with Gasteiger partial charge < -0.3 is 4.74 Å². The van der Waals surface area contributed by atoms with Crippen molar-refractivity contribution in [2.24, 2.45) is 5.10 Å². The molecule has 4 nitrogen and oxygen atoms in total. The second-order valence-electron chi connectivity index (χ2n) is 5.49. The highest BCUT2D eigenvalue weighted by atomic mass is 127. The Labute approximate surface area is 169 Å². The molecule has 0 aliphatic rings. The van der Waals surface area contributed by atoms with Crippen LogP contribution in [0.2, 0.25) is 0 Å². The number of rotatable bonds is 5. The van der Waals surface area contributed by atoms with Gasteiger partial charge in [0.25, 0.3) is 5.91 Å². The largest absolute Gasteiger partial charge is 0.489 e. The molecule has 0 radical (unpaired) electrons. The Balaban J connectivity index is 2.10. The topological polar surface area (TPSA) is 50.7 Å². The van der Waals surface area contributed by atoms with E-state index >= 15 is 0 Å². The van der Waals surface area contributed by atoms with E-state index in [4.69, 9.17) is 4.74 Å². The van der Waals surface area contributed by atoms with E-state index in [1.807, 2.05) is 51.1 Å². The third-order valence-electron chi connectivity index (χ3n) is 3.14. The second kappa shape index (κ2) is 8.80. The standard InChI is InChI=1S/C18H18I2N2O2/c1-11(2)24-17-15(19)8-13(9-16(17)20)10-21-22-18(23)14-7-5-4-6-12(14)3/h4-11H,1-3H3,(H,22,23)/b21-10-. The van der Waals surface area contributed by atoms with E-state index in [0.717, 1.165) is 24.0 Å². The van der Waals surface area contributed by atoms with E-state index in [1.165, 1.54) is 0 Å². The number of hydrogen-bond acceptors (Lipinski definition) is 3. The summed E-state index contributed by atoms with van der Waals surface area (Å²) in [4.78, 5) is 12.1. The van der Waals surface area contributed by atoms with E-state index in [1.54, 1.807) is 12.3 Å². The smallest absolute Gasteiger partial charge is 0.271 e. The number of hydrogen-bond donors (Lipinski definition) is 1. The van der Waals surface area contributed by atoms with Gasteiger partial charge in [0.2, 0.25) is 0 Å². The predicted molar refractivity (Wildman–Crippen MR) is 114 cm³/mol. The summed E-state index contributed by atoms with van der Waals surface area (Å²) in [5.41, 5.74) is 5.02. The molecule has 2 aromatic carbocycles. The van der Waals surface area contributed by atoms with Gasteiger partial charge in [-0.15, -0.1) is 0 Å². The van der Waals surface area contributed by atoms with Crippen molar-refractivity contribution >= 4 is 57.3 Å². The lowest BCUT2D eigenvalue weighted by atomic mass is 10.1. The Bertz CT molecular complexity index is 750. The zero-order chi connectivity index (χ0) is 17.7. The van der Waals surface area contributed by atoms with Crippen molar-refractivity contribution < 1.29 is 9.53 Å². The molecule has 1 amide bonds. The molecule has 0 aromatic heterocycles. The summed E-state index contributed by atoms with van der Waals surface area (Å²) in [6.07, 6.45) is 1.76. The average Bonchev–Trinajstić information content (AvgIpc) is 2.51. The van der Waals surface area contributed by atoms with E-state index in [-0.39, 0.29) is 12.0 Å². The van der Waals surface area contributed by atoms with E-state index < -0.39 is 0 Å². The lowest BCUT2D eigenvalue weighted by molar-refractivity contribution is 0.0954. The van der Waals surface area contributed by atoms with Gasteiger partial charge in [-0.2, -0.15) is 5.10 Å². The molecule has 0 unspecified atom stereocenters. The summed E-state index contributed by atoms with van der Waals surface area (Å²) in [6.45, 7) is 5.90. The van der Waals surface area contributed by atoms with Crippen LogP contribution in [0.4, 0.5) is 0 Å². The molecular formula is C18H18I2N2O2. The van der Waals surface area contributed by atoms with Crippen molar-refractivity contribution in [1.82, 2.24) is 5.43 Å². The third kappa shape index (κ3) is 5.17. The van der Waals surface area contributed by atoms with Gasteiger partial charge >= 0.3 is 0 Å². The number of carbonyl (C=O) groups excluding carboxylic acids is 1. The van der Waals surface area contributed by atoms with Crippen molar-refractivity contribution in [3.8, 4) is 5.75 Å². The molecule has 1 N–H and O–H groups in total. The lowest BCUT2D eigenvalue weighted by Gasteiger charge is -2.14. The van der Waals surface area contributed by atoms with Crippen LogP contribution in [-0.4, -0.2) is 18.2 Å². The molecular weight excluding hydrogens is 530 g/mol. The lowest BCUT2D eigenvalue weighted by Crippen LogP contribution is -2.18. The van der Waals surface area contributed by atoms with E-state index in [0.29, 0.717) is 5.56 Å². The Morgan fingerprint density at radius 1 is 1.21 bits per heavy atom. The summed E-state index contributed by atoms with van der Waals surface area (Å²) < 4.78 is 7.84. The number of nitrogens with one attached hydrogen (secondary N) is 1. The summed E-state index contributed by atoms with van der Waals surface area (Å²) in [5.74, 6) is 0.667. The molecule has 0 spiro atoms. The van der Waals surface area contributed by atoms with Gasteiger partial charge in [0, 0.05) is 5.56 Å². The van der Waals surface area contributed by atoms with Gasteiger partial charge in [-0.3, -0.25) is 4.79 Å². The molecule has 0 aliphatic carbocycles. The highest BCUT2D eigenvalue weighted by molar-refractivity contribution is 14.1. The molecule has 0 aliphatic heterocycles. The maximum absolute atomic E-state index is 12.1. The van der Waals surface area contributed by atoms with Crippen LogP contribution in [0.3, 0.4) is 0 Å². The first kappa shape index (κ1) is 19.2. The highest BCUT2D eigenvalue weighted by Gasteiger charge is 2.10. The molecule has 0 atom stereocenters. The maximum atomic E-state index is 12.1. The number of amides is 1. The highest BCUT2D eigenvalue weighted by Crippen LogP contribution is 2.29. The molecule has 2 rings (SSSR count). The molecule has 0 fully saturated rings. The molecule has 0 saturated carbocycles. The van der Waals surface area contributed by atoms with Gasteiger partial charge in [-0.25, -0.2) is 5.43 Å². The Hall–Kier alpha value is -1.16. The number of ether oxygens (including phenoxy) is 1. The zero-order valence-corrected chi connectivity index (χ0v) is 18.0. The molecule has 126 valence electrons. The van der Waals surface area contributed by atoms with Crippen LogP contribution >= 0.6 is 45.2 Å². The van der Waals surface area contributed by atoms with E-state index in [9.17, 15) is 4.79 Å². The van der Waals surface area contributed by atoms with Gasteiger partial charge in [0.05, 0.1) is 19.5 Å². The summed E-state index contributed by atoms with van der Waals surface area (Å²) in [6, 6.07) is 11.4. The Kier molecular flexibility index (Phi) is 7.02. The van der Waals surface area contributed by atoms with Crippen LogP contribution in [0.5, 0.6) is 5.75 Å². The zero-order valence-electron chi connectivity index (χ0n) is 13.6. The number of hydrazone groups is 1. The molecule has 0 heterocycles. The SMILES string of the molecule is Cc1ccccc1C(=O)N/N=C\c1cc(I)c(OC(C)C)c(I)c1. The summed E-state index contributed by atoms with van der Waals surface area (Å²) in [7, 11) is 0. The first-order chi connectivity index (χ1) is 11.4. The Morgan fingerprint density at radius 3 is 2.42 bits per heavy atom. The molecule has 0 saturated heterocycles. The van der Waals surface area contributed by atoms with Crippen LogP contribution in [0.1, 0.15) is 35.3 Å². The van der Waals surface area contributed by atoms with Crippen LogP contribution in [0, 0.1) is 14.1 Å². The van der Waals surface area contributed by atoms with Crippen LogP contribution in [0.25, 0.3) is 0 Å². The first-order valence-electron chi connectivity index (χ1n) is 7.43. The third-order valence-corrected chi connectivity index (χ3v) is 4.75. The summed E-state index contributed by atoms with van der Waals surface area (Å²) >= 11 is 4.49. The number of nitrogens with zero attached hydrogens (tertiary/aromatic N) is 1. The second-order valence-corrected chi connectivity index (χ2v) is 7.82. The fraction of sp³-hybridized carbons (Fsp3) is 0.222. The van der Waals surface area contributed by atoms with Crippen LogP contribution < -0.4 is 10.2 Å². The minimum absolute atomic E-state index is 0.125. The number of aryl methyl sites for hydroxylation is 1. The van der Waals surface area contributed by atoms with E-state index in [2.05, 4.69) is 55.7 Å². The number of carbonyl (C=O) groups is 1. The fourth-order valence-electron chi connectivity index (χ4n) is 2.06. The van der Waals surface area contributed by atoms with Crippen LogP contribution in [-0.2, 0) is 0 Å². The predicted octanol–water partition coefficient (Wildman–Crippen LogP) is 4.76. The van der Waals surface area contributed by atoms with Crippen molar-refractivity contribution in [2.75, 3.05) is 0 Å². The minimum atomic E-state index is -0.214. The molecule has 6 heteroatoms. The quantitative estimate of drug-likeness (QED) is 0.333. The number of halogens is 2. The fourth-order valence-corrected chi connectivity index (χ4v) is 4.13. The maximum Gasteiger partial charge on any atom is 0.271 e. The van der Waals surface area contributed by atoms with Crippen molar-refractivity contribution in [2.45, 2.75) is 26.9 Å². The van der Waals surface area contributed by atoms with Gasteiger partial charge in [0.1, 0.15) is 5.75 Å². The summed E-state index contributed by atoms with van der Waals surface area (Å²) in [5, 5.41) is 4.06. The minimum Gasteiger partial charge on any atom is -0.489 e. The first-order valence-corrected chi connectivity index (χ1v) is 9.59. The van der Waals surface area contributed by atoms with Gasteiger partial charge in [-0.1, -0.05) is 18.2 Å². The van der Waals surface area contributed by atoms with Crippen LogP contribution in [0.15, 0.2) is 41.5 Å². The monoisotopic (exact) mass is 548 g/mol. The van der Waals surface area contributed by atoms with Crippen molar-refractivity contribution in [3.05, 3.63) is 60.2 Å². The van der Waals surface area contributed by atoms with Crippen molar-refractivity contribution in [3.63, 3.8) is 0 Å². The van der Waals surface area contributed by atoms with Crippen molar-refractivity contribution in [1.29, 1.82) is 0 Å². The molecule has 2 aromatic rings. The normalized spacial score (nSPS) is 11.1. The number of benzene rings is 2. The molecule has 24 heavy (non-hydrogen) atoms. The molecule has 0 bridgehead atoms. The average molecular weight is 548 g/mol. The van der Waals surface area contributed by atoms with Gasteiger partial charge in [-0.05, 0) is 95.3 Å². The Morgan fingerprint density at radius 2 is 1.83 bits per heavy atom.